The molecule has 0 atom stereocenters. The Labute approximate surface area is 197 Å². The van der Waals surface area contributed by atoms with Gasteiger partial charge in [-0.15, -0.1) is 0 Å². The molecule has 1 N–H and O–H groups in total. The average Bonchev–Trinajstić information content (AvgIpc) is 2.76. The lowest BCUT2D eigenvalue weighted by Crippen LogP contribution is -2.39. The van der Waals surface area contributed by atoms with Crippen molar-refractivity contribution in [3.8, 4) is 0 Å². The van der Waals surface area contributed by atoms with Crippen LogP contribution in [0.25, 0.3) is 0 Å². The first kappa shape index (κ1) is 23.9. The summed E-state index contributed by atoms with van der Waals surface area (Å²) in [5.74, 6) is -0.585. The number of hydrazone groups is 1. The fraction of sp³-hybridized carbons (Fsp3) is 0.130. The molecule has 0 radical (unpaired) electrons. The number of nitrogens with one attached hydrogen (secondary N) is 1. The minimum absolute atomic E-state index is 0.0653. The minimum Gasteiger partial charge on any atom is -0.272 e. The van der Waals surface area contributed by atoms with E-state index in [4.69, 9.17) is 23.2 Å². The molecule has 0 saturated heterocycles. The Hall–Kier alpha value is -2.71. The Morgan fingerprint density at radius 2 is 1.66 bits per heavy atom. The van der Waals surface area contributed by atoms with Gasteiger partial charge in [0.2, 0.25) is 10.0 Å². The number of hydrogen-bond donors (Lipinski definition) is 1. The highest BCUT2D eigenvalue weighted by atomic mass is 35.5. The highest BCUT2D eigenvalue weighted by Gasteiger charge is 2.27. The van der Waals surface area contributed by atoms with E-state index in [9.17, 15) is 13.2 Å². The molecule has 6 nitrogen and oxygen atoms in total. The monoisotopic (exact) mass is 489 g/mol. The van der Waals surface area contributed by atoms with E-state index in [2.05, 4.69) is 10.5 Å². The van der Waals surface area contributed by atoms with Crippen LogP contribution in [0.15, 0.2) is 82.8 Å². The number of nitrogens with zero attached hydrogens (tertiary/aromatic N) is 2. The molecule has 0 heterocycles. The molecule has 0 aromatic heterocycles. The molecule has 3 aromatic carbocycles. The summed E-state index contributed by atoms with van der Waals surface area (Å²) in [5.41, 5.74) is 4.61. The first-order valence-corrected chi connectivity index (χ1v) is 11.8. The van der Waals surface area contributed by atoms with Gasteiger partial charge < -0.3 is 0 Å². The van der Waals surface area contributed by atoms with Gasteiger partial charge in [0.1, 0.15) is 0 Å². The van der Waals surface area contributed by atoms with Crippen molar-refractivity contribution in [2.45, 2.75) is 18.4 Å². The van der Waals surface area contributed by atoms with Gasteiger partial charge in [-0.05, 0) is 48.4 Å². The number of carbonyl (C=O) groups excluding carboxylic acids is 1. The first-order chi connectivity index (χ1) is 15.3. The molecular formula is C23H21Cl2N3O3S. The van der Waals surface area contributed by atoms with Crippen LogP contribution in [0.5, 0.6) is 0 Å². The van der Waals surface area contributed by atoms with Gasteiger partial charge in [-0.1, -0.05) is 71.2 Å². The zero-order chi connectivity index (χ0) is 23.1. The van der Waals surface area contributed by atoms with E-state index in [1.165, 1.54) is 18.3 Å². The molecule has 3 aromatic rings. The zero-order valence-electron chi connectivity index (χ0n) is 17.2. The lowest BCUT2D eigenvalue weighted by Gasteiger charge is -2.22. The molecule has 1 amide bonds. The van der Waals surface area contributed by atoms with Crippen molar-refractivity contribution >= 4 is 45.3 Å². The number of halogens is 2. The van der Waals surface area contributed by atoms with Crippen LogP contribution < -0.4 is 5.43 Å². The van der Waals surface area contributed by atoms with Crippen molar-refractivity contribution in [3.05, 3.63) is 99.5 Å². The number of carbonyl (C=O) groups is 1. The Bertz CT molecular complexity index is 1210. The Balaban J connectivity index is 1.80. The van der Waals surface area contributed by atoms with E-state index in [1.54, 1.807) is 60.7 Å². The lowest BCUT2D eigenvalue weighted by atomic mass is 10.2. The van der Waals surface area contributed by atoms with Gasteiger partial charge in [0.05, 0.1) is 17.7 Å². The quantitative estimate of drug-likeness (QED) is 0.369. The Kier molecular flexibility index (Phi) is 8.04. The van der Waals surface area contributed by atoms with E-state index in [1.807, 2.05) is 6.92 Å². The van der Waals surface area contributed by atoms with Crippen molar-refractivity contribution in [2.24, 2.45) is 5.10 Å². The topological polar surface area (TPSA) is 78.8 Å². The van der Waals surface area contributed by atoms with Gasteiger partial charge in [0.15, 0.2) is 0 Å². The normalized spacial score (nSPS) is 11.8. The molecule has 9 heteroatoms. The van der Waals surface area contributed by atoms with Gasteiger partial charge in [-0.2, -0.15) is 9.41 Å². The summed E-state index contributed by atoms with van der Waals surface area (Å²) in [6.07, 6.45) is 1.45. The number of hydrogen-bond acceptors (Lipinski definition) is 4. The lowest BCUT2D eigenvalue weighted by molar-refractivity contribution is -0.121. The van der Waals surface area contributed by atoms with Crippen LogP contribution in [0.4, 0.5) is 0 Å². The standard InChI is InChI=1S/C23H21Cl2N3O3S/c1-17-6-12-21(13-7-17)32(30,31)28(15-19-4-2-3-5-22(19)25)16-23(29)27-26-14-18-8-10-20(24)11-9-18/h2-14H,15-16H2,1H3,(H,27,29)/b26-14+. The Morgan fingerprint density at radius 3 is 2.31 bits per heavy atom. The van der Waals surface area contributed by atoms with Gasteiger partial charge in [0.25, 0.3) is 5.91 Å². The molecule has 0 spiro atoms. The predicted molar refractivity (Wildman–Crippen MR) is 127 cm³/mol. The summed E-state index contributed by atoms with van der Waals surface area (Å²) in [7, 11) is -3.96. The van der Waals surface area contributed by atoms with Crippen LogP contribution >= 0.6 is 23.2 Å². The van der Waals surface area contributed by atoms with Crippen LogP contribution in [0.3, 0.4) is 0 Å². The molecule has 3 rings (SSSR count). The molecular weight excluding hydrogens is 469 g/mol. The highest BCUT2D eigenvalue weighted by Crippen LogP contribution is 2.22. The molecule has 0 bridgehead atoms. The maximum atomic E-state index is 13.3. The second-order valence-electron chi connectivity index (χ2n) is 7.02. The van der Waals surface area contributed by atoms with E-state index in [0.29, 0.717) is 15.6 Å². The maximum absolute atomic E-state index is 13.3. The van der Waals surface area contributed by atoms with Crippen molar-refractivity contribution in [1.82, 2.24) is 9.73 Å². The summed E-state index contributed by atoms with van der Waals surface area (Å²) < 4.78 is 27.6. The third-order valence-corrected chi connectivity index (χ3v) is 6.98. The molecule has 32 heavy (non-hydrogen) atoms. The van der Waals surface area contributed by atoms with Gasteiger partial charge in [0, 0.05) is 16.6 Å². The summed E-state index contributed by atoms with van der Waals surface area (Å²) in [6, 6.07) is 20.2. The van der Waals surface area contributed by atoms with Crippen LogP contribution in [0.1, 0.15) is 16.7 Å². The fourth-order valence-corrected chi connectivity index (χ4v) is 4.52. The second-order valence-corrected chi connectivity index (χ2v) is 9.80. The molecule has 166 valence electrons. The highest BCUT2D eigenvalue weighted by molar-refractivity contribution is 7.89. The van der Waals surface area contributed by atoms with Gasteiger partial charge in [-0.3, -0.25) is 4.79 Å². The van der Waals surface area contributed by atoms with Crippen molar-refractivity contribution in [3.63, 3.8) is 0 Å². The van der Waals surface area contributed by atoms with Crippen molar-refractivity contribution in [2.75, 3.05) is 6.54 Å². The third-order valence-electron chi connectivity index (χ3n) is 4.56. The molecule has 0 aliphatic carbocycles. The SMILES string of the molecule is Cc1ccc(S(=O)(=O)N(CC(=O)N/N=C/c2ccc(Cl)cc2)Cc2ccccc2Cl)cc1. The van der Waals surface area contributed by atoms with Gasteiger partial charge >= 0.3 is 0 Å². The van der Waals surface area contributed by atoms with E-state index in [0.717, 1.165) is 15.4 Å². The number of aryl methyl sites for hydroxylation is 1. The van der Waals surface area contributed by atoms with Crippen LogP contribution in [0.2, 0.25) is 10.0 Å². The predicted octanol–water partition coefficient (Wildman–Crippen LogP) is 4.64. The smallest absolute Gasteiger partial charge is 0.255 e. The number of benzene rings is 3. The van der Waals surface area contributed by atoms with Crippen molar-refractivity contribution in [1.29, 1.82) is 0 Å². The molecule has 0 saturated carbocycles. The number of sulfonamides is 1. The van der Waals surface area contributed by atoms with Crippen LogP contribution in [-0.2, 0) is 21.4 Å². The van der Waals surface area contributed by atoms with Crippen molar-refractivity contribution < 1.29 is 13.2 Å². The maximum Gasteiger partial charge on any atom is 0.255 e. The van der Waals surface area contributed by atoms with Crippen LogP contribution in [0, 0.1) is 6.92 Å². The minimum atomic E-state index is -3.96. The average molecular weight is 490 g/mol. The number of rotatable bonds is 8. The summed E-state index contributed by atoms with van der Waals surface area (Å²) in [6.45, 7) is 1.37. The fourth-order valence-electron chi connectivity index (χ4n) is 2.82. The Morgan fingerprint density at radius 1 is 1.00 bits per heavy atom. The third kappa shape index (κ3) is 6.40. The van der Waals surface area contributed by atoms with E-state index in [-0.39, 0.29) is 11.4 Å². The van der Waals surface area contributed by atoms with Gasteiger partial charge in [-0.25, -0.2) is 13.8 Å². The van der Waals surface area contributed by atoms with E-state index < -0.39 is 22.5 Å². The first-order valence-electron chi connectivity index (χ1n) is 9.63. The van der Waals surface area contributed by atoms with Crippen LogP contribution in [-0.4, -0.2) is 31.4 Å². The summed E-state index contributed by atoms with van der Waals surface area (Å²) in [4.78, 5) is 12.6. The largest absolute Gasteiger partial charge is 0.272 e. The summed E-state index contributed by atoms with van der Waals surface area (Å²) in [5, 5.41) is 4.90. The van der Waals surface area contributed by atoms with E-state index >= 15 is 0 Å². The molecule has 0 unspecified atom stereocenters. The zero-order valence-corrected chi connectivity index (χ0v) is 19.5. The molecule has 0 aliphatic rings. The number of amides is 1. The summed E-state index contributed by atoms with van der Waals surface area (Å²) >= 11 is 12.1. The molecule has 0 aliphatic heterocycles. The molecule has 0 fully saturated rings. The second kappa shape index (κ2) is 10.7.